The Labute approximate surface area is 124 Å². The fourth-order valence-corrected chi connectivity index (χ4v) is 2.81. The van der Waals surface area contributed by atoms with Gasteiger partial charge in [-0.1, -0.05) is 0 Å². The smallest absolute Gasteiger partial charge is 0.220 e. The van der Waals surface area contributed by atoms with Gasteiger partial charge in [0.25, 0.3) is 0 Å². The van der Waals surface area contributed by atoms with E-state index in [0.29, 0.717) is 0 Å². The summed E-state index contributed by atoms with van der Waals surface area (Å²) in [4.78, 5) is 26.8. The van der Waals surface area contributed by atoms with Crippen molar-refractivity contribution in [1.82, 2.24) is 19.9 Å². The maximum Gasteiger partial charge on any atom is 0.220 e. The van der Waals surface area contributed by atoms with Crippen molar-refractivity contribution < 1.29 is 4.79 Å². The van der Waals surface area contributed by atoms with Crippen molar-refractivity contribution in [3.63, 3.8) is 0 Å². The number of rotatable bonds is 2. The Bertz CT molecular complexity index is 629. The Morgan fingerprint density at radius 3 is 2.90 bits per heavy atom. The molecule has 108 valence electrons. The van der Waals surface area contributed by atoms with Gasteiger partial charge in [-0.3, -0.25) is 14.8 Å². The van der Waals surface area contributed by atoms with Crippen LogP contribution in [-0.4, -0.2) is 32.3 Å². The molecule has 0 bridgehead atoms. The van der Waals surface area contributed by atoms with Crippen molar-refractivity contribution in [3.05, 3.63) is 42.6 Å². The molecule has 1 aliphatic heterocycles. The Balaban J connectivity index is 1.93. The highest BCUT2D eigenvalue weighted by Gasteiger charge is 2.27. The van der Waals surface area contributed by atoms with Gasteiger partial charge in [0.15, 0.2) is 0 Å². The number of piperidine rings is 1. The number of carbonyl (C=O) groups is 1. The van der Waals surface area contributed by atoms with Crippen LogP contribution in [0.2, 0.25) is 0 Å². The van der Waals surface area contributed by atoms with E-state index in [4.69, 9.17) is 4.98 Å². The SMILES string of the molecule is CC(=O)N1CCCC[C@H]1c1cncc(-c2cccnc2)n1. The number of carbonyl (C=O) groups excluding carboxylic acids is 1. The van der Waals surface area contributed by atoms with Gasteiger partial charge in [-0.2, -0.15) is 0 Å². The number of aromatic nitrogens is 3. The van der Waals surface area contributed by atoms with Gasteiger partial charge in [-0.15, -0.1) is 0 Å². The molecule has 3 heterocycles. The highest BCUT2D eigenvalue weighted by molar-refractivity contribution is 5.73. The van der Waals surface area contributed by atoms with Gasteiger partial charge in [-0.25, -0.2) is 4.98 Å². The molecule has 3 rings (SSSR count). The molecule has 1 saturated heterocycles. The highest BCUT2D eigenvalue weighted by atomic mass is 16.2. The van der Waals surface area contributed by atoms with Crippen LogP contribution in [0.25, 0.3) is 11.3 Å². The molecule has 1 atom stereocenters. The van der Waals surface area contributed by atoms with Crippen LogP contribution in [0, 0.1) is 0 Å². The summed E-state index contributed by atoms with van der Waals surface area (Å²) in [6.45, 7) is 2.43. The number of pyridine rings is 1. The van der Waals surface area contributed by atoms with E-state index in [-0.39, 0.29) is 11.9 Å². The van der Waals surface area contributed by atoms with Crippen LogP contribution in [0.1, 0.15) is 37.9 Å². The second-order valence-corrected chi connectivity index (χ2v) is 5.29. The van der Waals surface area contributed by atoms with E-state index >= 15 is 0 Å². The van der Waals surface area contributed by atoms with Crippen LogP contribution in [-0.2, 0) is 4.79 Å². The minimum atomic E-state index is 0.0420. The first-order valence-electron chi connectivity index (χ1n) is 7.25. The standard InChI is InChI=1S/C16H18N4O/c1-12(21)20-8-3-2-6-16(20)15-11-18-10-14(19-15)13-5-4-7-17-9-13/h4-5,7,9-11,16H,2-3,6,8H2,1H3/t16-/m0/s1. The number of nitrogens with zero attached hydrogens (tertiary/aromatic N) is 4. The zero-order valence-corrected chi connectivity index (χ0v) is 12.1. The van der Waals surface area contributed by atoms with E-state index in [2.05, 4.69) is 9.97 Å². The van der Waals surface area contributed by atoms with Crippen molar-refractivity contribution in [2.75, 3.05) is 6.54 Å². The van der Waals surface area contributed by atoms with E-state index < -0.39 is 0 Å². The minimum absolute atomic E-state index is 0.0420. The molecule has 2 aromatic rings. The molecule has 0 N–H and O–H groups in total. The van der Waals surface area contributed by atoms with Crippen molar-refractivity contribution >= 4 is 5.91 Å². The zero-order chi connectivity index (χ0) is 14.7. The molecule has 21 heavy (non-hydrogen) atoms. The average Bonchev–Trinajstić information content (AvgIpc) is 2.56. The summed E-state index contributed by atoms with van der Waals surface area (Å²) in [6.07, 6.45) is 10.1. The normalized spacial score (nSPS) is 18.5. The summed E-state index contributed by atoms with van der Waals surface area (Å²) in [5.41, 5.74) is 2.61. The quantitative estimate of drug-likeness (QED) is 0.849. The summed E-state index contributed by atoms with van der Waals surface area (Å²) >= 11 is 0. The third kappa shape index (κ3) is 2.91. The van der Waals surface area contributed by atoms with Crippen LogP contribution >= 0.6 is 0 Å². The van der Waals surface area contributed by atoms with E-state index in [0.717, 1.165) is 42.8 Å². The van der Waals surface area contributed by atoms with Crippen molar-refractivity contribution in [2.45, 2.75) is 32.2 Å². The first-order valence-corrected chi connectivity index (χ1v) is 7.25. The summed E-state index contributed by atoms with van der Waals surface area (Å²) in [5, 5.41) is 0. The van der Waals surface area contributed by atoms with Crippen LogP contribution in [0.4, 0.5) is 0 Å². The molecule has 5 heteroatoms. The summed E-state index contributed by atoms with van der Waals surface area (Å²) in [5.74, 6) is 0.105. The molecule has 0 spiro atoms. The molecule has 0 saturated carbocycles. The van der Waals surface area contributed by atoms with Crippen molar-refractivity contribution in [1.29, 1.82) is 0 Å². The van der Waals surface area contributed by atoms with Crippen LogP contribution in [0.15, 0.2) is 36.9 Å². The van der Waals surface area contributed by atoms with Gasteiger partial charge in [0.1, 0.15) is 0 Å². The number of hydrogen-bond acceptors (Lipinski definition) is 4. The van der Waals surface area contributed by atoms with Gasteiger partial charge in [0, 0.05) is 31.4 Å². The fraction of sp³-hybridized carbons (Fsp3) is 0.375. The first-order chi connectivity index (χ1) is 10.3. The molecule has 1 aliphatic rings. The largest absolute Gasteiger partial charge is 0.334 e. The third-order valence-electron chi connectivity index (χ3n) is 3.86. The topological polar surface area (TPSA) is 59.0 Å². The Morgan fingerprint density at radius 1 is 1.24 bits per heavy atom. The Hall–Kier alpha value is -2.30. The van der Waals surface area contributed by atoms with Crippen molar-refractivity contribution in [2.24, 2.45) is 0 Å². The van der Waals surface area contributed by atoms with E-state index in [1.165, 1.54) is 0 Å². The molecular formula is C16H18N4O. The predicted octanol–water partition coefficient (Wildman–Crippen LogP) is 2.61. The van der Waals surface area contributed by atoms with Crippen LogP contribution in [0.5, 0.6) is 0 Å². The van der Waals surface area contributed by atoms with Gasteiger partial charge in [0.2, 0.25) is 5.91 Å². The number of likely N-dealkylation sites (tertiary alicyclic amines) is 1. The zero-order valence-electron chi connectivity index (χ0n) is 12.1. The highest BCUT2D eigenvalue weighted by Crippen LogP contribution is 2.30. The second kappa shape index (κ2) is 5.99. The molecule has 1 fully saturated rings. The van der Waals surface area contributed by atoms with E-state index in [1.807, 2.05) is 17.0 Å². The van der Waals surface area contributed by atoms with E-state index in [9.17, 15) is 4.79 Å². The lowest BCUT2D eigenvalue weighted by molar-refractivity contribution is -0.132. The van der Waals surface area contributed by atoms with Crippen molar-refractivity contribution in [3.8, 4) is 11.3 Å². The monoisotopic (exact) mass is 282 g/mol. The molecule has 2 aromatic heterocycles. The summed E-state index contributed by atoms with van der Waals surface area (Å²) < 4.78 is 0. The lowest BCUT2D eigenvalue weighted by atomic mass is 9.99. The molecule has 5 nitrogen and oxygen atoms in total. The van der Waals surface area contributed by atoms with Gasteiger partial charge < -0.3 is 4.90 Å². The third-order valence-corrected chi connectivity index (χ3v) is 3.86. The molecule has 0 unspecified atom stereocenters. The summed E-state index contributed by atoms with van der Waals surface area (Å²) in [7, 11) is 0. The van der Waals surface area contributed by atoms with E-state index in [1.54, 1.807) is 31.7 Å². The maximum absolute atomic E-state index is 11.8. The summed E-state index contributed by atoms with van der Waals surface area (Å²) in [6, 6.07) is 3.89. The lowest BCUT2D eigenvalue weighted by Crippen LogP contribution is -2.37. The average molecular weight is 282 g/mol. The first kappa shape index (κ1) is 13.7. The Kier molecular flexibility index (Phi) is 3.90. The lowest BCUT2D eigenvalue weighted by Gasteiger charge is -2.34. The predicted molar refractivity (Wildman–Crippen MR) is 79.2 cm³/mol. The minimum Gasteiger partial charge on any atom is -0.334 e. The molecular weight excluding hydrogens is 264 g/mol. The molecule has 0 aromatic carbocycles. The molecule has 0 radical (unpaired) electrons. The second-order valence-electron chi connectivity index (χ2n) is 5.29. The maximum atomic E-state index is 11.8. The molecule has 1 amide bonds. The number of hydrogen-bond donors (Lipinski definition) is 0. The Morgan fingerprint density at radius 2 is 2.14 bits per heavy atom. The van der Waals surface area contributed by atoms with Gasteiger partial charge in [-0.05, 0) is 31.4 Å². The van der Waals surface area contributed by atoms with Gasteiger partial charge in [0.05, 0.1) is 29.8 Å². The molecule has 0 aliphatic carbocycles. The van der Waals surface area contributed by atoms with Gasteiger partial charge >= 0.3 is 0 Å². The van der Waals surface area contributed by atoms with Crippen LogP contribution < -0.4 is 0 Å². The number of amides is 1. The fourth-order valence-electron chi connectivity index (χ4n) is 2.81. The van der Waals surface area contributed by atoms with Crippen LogP contribution in [0.3, 0.4) is 0 Å².